The molecule has 2 aromatic heterocycles. The Kier molecular flexibility index (Phi) is 4.90. The quantitative estimate of drug-likeness (QED) is 0.751. The van der Waals surface area contributed by atoms with E-state index in [0.717, 1.165) is 12.0 Å². The van der Waals surface area contributed by atoms with Gasteiger partial charge in [0.15, 0.2) is 11.6 Å². The van der Waals surface area contributed by atoms with Gasteiger partial charge >= 0.3 is 0 Å². The van der Waals surface area contributed by atoms with Gasteiger partial charge in [0.1, 0.15) is 0 Å². The highest BCUT2D eigenvalue weighted by atomic mass is 19.1. The summed E-state index contributed by atoms with van der Waals surface area (Å²) in [5.41, 5.74) is 2.26. The molecule has 0 aliphatic carbocycles. The van der Waals surface area contributed by atoms with Gasteiger partial charge in [-0.3, -0.25) is 4.98 Å². The number of benzene rings is 1. The number of hydrogen-bond acceptors (Lipinski definition) is 6. The van der Waals surface area contributed by atoms with Crippen molar-refractivity contribution in [2.75, 3.05) is 19.0 Å². The van der Waals surface area contributed by atoms with Crippen LogP contribution in [0.3, 0.4) is 0 Å². The van der Waals surface area contributed by atoms with Crippen LogP contribution in [0.1, 0.15) is 5.56 Å². The molecule has 6 nitrogen and oxygen atoms in total. The molecule has 122 valence electrons. The standard InChI is InChI=1S/C17H16FN5O/c1-24-16-5-4-13(9-14(16)18)15-11-21-23-17(22-15)20-8-6-12-3-2-7-19-10-12/h2-5,7,9-11H,6,8H2,1H3,(H,20,22,23). The van der Waals surface area contributed by atoms with E-state index in [1.165, 1.54) is 19.4 Å². The van der Waals surface area contributed by atoms with E-state index in [1.807, 2.05) is 18.3 Å². The van der Waals surface area contributed by atoms with Crippen molar-refractivity contribution in [1.82, 2.24) is 20.2 Å². The maximum atomic E-state index is 13.8. The summed E-state index contributed by atoms with van der Waals surface area (Å²) in [6, 6.07) is 8.55. The van der Waals surface area contributed by atoms with E-state index >= 15 is 0 Å². The minimum absolute atomic E-state index is 0.190. The molecule has 0 amide bonds. The molecule has 0 aliphatic heterocycles. The van der Waals surface area contributed by atoms with Gasteiger partial charge in [0.25, 0.3) is 0 Å². The minimum atomic E-state index is -0.445. The average Bonchev–Trinajstić information content (AvgIpc) is 2.63. The Balaban J connectivity index is 1.69. The molecule has 0 unspecified atom stereocenters. The van der Waals surface area contributed by atoms with E-state index in [-0.39, 0.29) is 5.75 Å². The molecule has 1 aromatic carbocycles. The number of halogens is 1. The fraction of sp³-hybridized carbons (Fsp3) is 0.176. The molecule has 2 heterocycles. The van der Waals surface area contributed by atoms with Crippen molar-refractivity contribution in [2.24, 2.45) is 0 Å². The third kappa shape index (κ3) is 3.81. The van der Waals surface area contributed by atoms with Gasteiger partial charge in [0, 0.05) is 24.5 Å². The number of pyridine rings is 1. The van der Waals surface area contributed by atoms with Crippen LogP contribution in [-0.4, -0.2) is 33.8 Å². The zero-order valence-corrected chi connectivity index (χ0v) is 13.1. The van der Waals surface area contributed by atoms with Gasteiger partial charge in [-0.25, -0.2) is 9.37 Å². The van der Waals surface area contributed by atoms with E-state index in [9.17, 15) is 4.39 Å². The van der Waals surface area contributed by atoms with Crippen LogP contribution in [0, 0.1) is 5.82 Å². The highest BCUT2D eigenvalue weighted by Crippen LogP contribution is 2.24. The van der Waals surface area contributed by atoms with Crippen LogP contribution in [0.5, 0.6) is 5.75 Å². The SMILES string of the molecule is COc1ccc(-c2cnnc(NCCc3cccnc3)n2)cc1F. The predicted octanol–water partition coefficient (Wildman–Crippen LogP) is 2.74. The van der Waals surface area contributed by atoms with E-state index in [0.29, 0.717) is 23.8 Å². The predicted molar refractivity (Wildman–Crippen MR) is 88.2 cm³/mol. The number of methoxy groups -OCH3 is 1. The minimum Gasteiger partial charge on any atom is -0.494 e. The lowest BCUT2D eigenvalue weighted by Crippen LogP contribution is -2.09. The first-order valence-corrected chi connectivity index (χ1v) is 7.42. The molecule has 0 atom stereocenters. The molecule has 1 N–H and O–H groups in total. The zero-order chi connectivity index (χ0) is 16.8. The number of ether oxygens (including phenoxy) is 1. The molecule has 0 radical (unpaired) electrons. The molecule has 0 spiro atoms. The molecule has 7 heteroatoms. The van der Waals surface area contributed by atoms with Crippen LogP contribution in [0.4, 0.5) is 10.3 Å². The third-order valence-electron chi connectivity index (χ3n) is 3.43. The molecular weight excluding hydrogens is 309 g/mol. The van der Waals surface area contributed by atoms with Crippen molar-refractivity contribution in [1.29, 1.82) is 0 Å². The fourth-order valence-corrected chi connectivity index (χ4v) is 2.21. The molecule has 24 heavy (non-hydrogen) atoms. The molecule has 0 saturated carbocycles. The van der Waals surface area contributed by atoms with Gasteiger partial charge in [-0.1, -0.05) is 6.07 Å². The highest BCUT2D eigenvalue weighted by Gasteiger charge is 2.08. The van der Waals surface area contributed by atoms with Gasteiger partial charge in [0.2, 0.25) is 5.95 Å². The number of hydrogen-bond donors (Lipinski definition) is 1. The molecule has 0 aliphatic rings. The number of anilines is 1. The first kappa shape index (κ1) is 15.8. The van der Waals surface area contributed by atoms with E-state index < -0.39 is 5.82 Å². The van der Waals surface area contributed by atoms with Crippen LogP contribution < -0.4 is 10.1 Å². The molecule has 3 rings (SSSR count). The fourth-order valence-electron chi connectivity index (χ4n) is 2.21. The van der Waals surface area contributed by atoms with Gasteiger partial charge in [-0.05, 0) is 36.2 Å². The number of nitrogens with zero attached hydrogens (tertiary/aromatic N) is 4. The summed E-state index contributed by atoms with van der Waals surface area (Å²) >= 11 is 0. The first-order valence-electron chi connectivity index (χ1n) is 7.42. The van der Waals surface area contributed by atoms with Crippen LogP contribution in [0.15, 0.2) is 48.9 Å². The zero-order valence-electron chi connectivity index (χ0n) is 13.1. The average molecular weight is 325 g/mol. The molecular formula is C17H16FN5O. The van der Waals surface area contributed by atoms with Gasteiger partial charge < -0.3 is 10.1 Å². The molecule has 0 fully saturated rings. The lowest BCUT2D eigenvalue weighted by molar-refractivity contribution is 0.386. The smallest absolute Gasteiger partial charge is 0.243 e. The van der Waals surface area contributed by atoms with Gasteiger partial charge in [0.05, 0.1) is 19.0 Å². The normalized spacial score (nSPS) is 10.4. The second kappa shape index (κ2) is 7.45. The molecule has 3 aromatic rings. The van der Waals surface area contributed by atoms with Crippen molar-refractivity contribution in [3.05, 3.63) is 60.3 Å². The summed E-state index contributed by atoms with van der Waals surface area (Å²) in [6.45, 7) is 0.647. The summed E-state index contributed by atoms with van der Waals surface area (Å²) in [5, 5.41) is 11.0. The first-order chi connectivity index (χ1) is 11.8. The van der Waals surface area contributed by atoms with E-state index in [1.54, 1.807) is 18.3 Å². The van der Waals surface area contributed by atoms with E-state index in [4.69, 9.17) is 4.74 Å². The Bertz CT molecular complexity index is 813. The Morgan fingerprint density at radius 1 is 1.21 bits per heavy atom. The van der Waals surface area contributed by atoms with Crippen molar-refractivity contribution in [3.8, 4) is 17.0 Å². The number of aromatic nitrogens is 4. The number of rotatable bonds is 6. The largest absolute Gasteiger partial charge is 0.494 e. The second-order valence-corrected chi connectivity index (χ2v) is 5.05. The van der Waals surface area contributed by atoms with Crippen molar-refractivity contribution in [3.63, 3.8) is 0 Å². The van der Waals surface area contributed by atoms with Crippen LogP contribution in [-0.2, 0) is 6.42 Å². The summed E-state index contributed by atoms with van der Waals surface area (Å²) in [4.78, 5) is 8.43. The van der Waals surface area contributed by atoms with E-state index in [2.05, 4.69) is 25.5 Å². The topological polar surface area (TPSA) is 72.8 Å². The van der Waals surface area contributed by atoms with Crippen LogP contribution in [0.2, 0.25) is 0 Å². The van der Waals surface area contributed by atoms with Gasteiger partial charge in [-0.2, -0.15) is 5.10 Å². The Morgan fingerprint density at radius 3 is 2.88 bits per heavy atom. The Labute approximate surface area is 138 Å². The summed E-state index contributed by atoms with van der Waals surface area (Å²) < 4.78 is 18.7. The monoisotopic (exact) mass is 325 g/mol. The third-order valence-corrected chi connectivity index (χ3v) is 3.43. The Morgan fingerprint density at radius 2 is 2.12 bits per heavy atom. The van der Waals surface area contributed by atoms with Crippen molar-refractivity contribution >= 4 is 5.95 Å². The van der Waals surface area contributed by atoms with Crippen molar-refractivity contribution in [2.45, 2.75) is 6.42 Å². The van der Waals surface area contributed by atoms with Gasteiger partial charge in [-0.15, -0.1) is 5.10 Å². The summed E-state index contributed by atoms with van der Waals surface area (Å²) in [6.07, 6.45) is 5.84. The maximum Gasteiger partial charge on any atom is 0.243 e. The van der Waals surface area contributed by atoms with Crippen LogP contribution in [0.25, 0.3) is 11.3 Å². The van der Waals surface area contributed by atoms with Crippen molar-refractivity contribution < 1.29 is 9.13 Å². The Hall–Kier alpha value is -3.09. The molecule has 0 bridgehead atoms. The maximum absolute atomic E-state index is 13.8. The van der Waals surface area contributed by atoms with Crippen LogP contribution >= 0.6 is 0 Å². The highest BCUT2D eigenvalue weighted by molar-refractivity contribution is 5.60. The summed E-state index contributed by atoms with van der Waals surface area (Å²) in [5.74, 6) is 0.142. The number of nitrogens with one attached hydrogen (secondary N) is 1. The summed E-state index contributed by atoms with van der Waals surface area (Å²) in [7, 11) is 1.43. The molecule has 0 saturated heterocycles. The lowest BCUT2D eigenvalue weighted by Gasteiger charge is -2.07. The lowest BCUT2D eigenvalue weighted by atomic mass is 10.1. The second-order valence-electron chi connectivity index (χ2n) is 5.05.